The van der Waals surface area contributed by atoms with Crippen molar-refractivity contribution >= 4 is 39.7 Å². The highest BCUT2D eigenvalue weighted by molar-refractivity contribution is 8.00. The zero-order valence-electron chi connectivity index (χ0n) is 15.9. The maximum absolute atomic E-state index is 12.5. The van der Waals surface area contributed by atoms with E-state index in [1.807, 2.05) is 0 Å². The van der Waals surface area contributed by atoms with E-state index in [1.54, 1.807) is 37.3 Å². The van der Waals surface area contributed by atoms with Crippen molar-refractivity contribution in [3.63, 3.8) is 0 Å². The van der Waals surface area contributed by atoms with Crippen LogP contribution in [0.15, 0.2) is 41.8 Å². The molecule has 30 heavy (non-hydrogen) atoms. The summed E-state index contributed by atoms with van der Waals surface area (Å²) in [6, 6.07) is 7.72. The quantitative estimate of drug-likeness (QED) is 0.402. The Balaban J connectivity index is 1.67. The van der Waals surface area contributed by atoms with Gasteiger partial charge in [-0.05, 0) is 18.6 Å². The molecular formula is C18H20N2O8S2. The average molecular weight is 456 g/mol. The summed E-state index contributed by atoms with van der Waals surface area (Å²) >= 11 is 1.11. The van der Waals surface area contributed by atoms with Gasteiger partial charge in [0.15, 0.2) is 18.1 Å². The van der Waals surface area contributed by atoms with E-state index in [1.165, 1.54) is 0 Å². The molecule has 2 heterocycles. The molecule has 2 N–H and O–H groups in total. The van der Waals surface area contributed by atoms with E-state index in [0.29, 0.717) is 12.2 Å². The summed E-state index contributed by atoms with van der Waals surface area (Å²) in [6.45, 7) is 1.34. The second-order valence-electron chi connectivity index (χ2n) is 6.48. The van der Waals surface area contributed by atoms with E-state index < -0.39 is 45.0 Å². The van der Waals surface area contributed by atoms with Crippen LogP contribution in [0.25, 0.3) is 0 Å². The Hall–Kier alpha value is -2.73. The van der Waals surface area contributed by atoms with E-state index in [9.17, 15) is 27.9 Å². The lowest BCUT2D eigenvalue weighted by Crippen LogP contribution is -2.71. The number of carboxylic acids is 1. The van der Waals surface area contributed by atoms with Gasteiger partial charge in [-0.2, -0.15) is 8.42 Å². The maximum Gasteiger partial charge on any atom is 0.356 e. The highest BCUT2D eigenvalue weighted by Gasteiger charge is 2.55. The molecule has 2 atom stereocenters. The minimum atomic E-state index is -3.96. The van der Waals surface area contributed by atoms with E-state index >= 15 is 0 Å². The van der Waals surface area contributed by atoms with Crippen LogP contribution in [-0.2, 0) is 28.7 Å². The zero-order valence-corrected chi connectivity index (χ0v) is 17.6. The van der Waals surface area contributed by atoms with Crippen LogP contribution < -0.4 is 10.1 Å². The topological polar surface area (TPSA) is 139 Å². The summed E-state index contributed by atoms with van der Waals surface area (Å²) in [5.41, 5.74) is -0.519. The van der Waals surface area contributed by atoms with Crippen LogP contribution in [0.1, 0.15) is 13.3 Å². The van der Waals surface area contributed by atoms with Crippen LogP contribution >= 0.6 is 11.8 Å². The molecule has 0 aliphatic carbocycles. The van der Waals surface area contributed by atoms with Gasteiger partial charge in [0, 0.05) is 0 Å². The fourth-order valence-corrected chi connectivity index (χ4v) is 5.34. The Labute approximate surface area is 177 Å². The normalized spacial score (nSPS) is 20.8. The number of hydrogen-bond donors (Lipinski definition) is 2. The van der Waals surface area contributed by atoms with Crippen molar-refractivity contribution in [2.75, 3.05) is 18.1 Å². The third-order valence-electron chi connectivity index (χ3n) is 4.25. The SMILES string of the molecule is CCCS(=O)(=O)OC1=C(C(=O)O)N2C(=O)C(NC(=O)COc3ccccc3)[C@@H]2SC1. The lowest BCUT2D eigenvalue weighted by Gasteiger charge is -2.48. The number of para-hydroxylation sites is 1. The molecule has 0 spiro atoms. The van der Waals surface area contributed by atoms with Crippen LogP contribution in [0, 0.1) is 0 Å². The number of hydrogen-bond acceptors (Lipinski definition) is 8. The summed E-state index contributed by atoms with van der Waals surface area (Å²) in [5, 5.41) is 11.4. The fourth-order valence-electron chi connectivity index (χ4n) is 2.98. The van der Waals surface area contributed by atoms with Crippen molar-refractivity contribution in [1.82, 2.24) is 10.2 Å². The molecule has 12 heteroatoms. The number of amides is 2. The fraction of sp³-hybridized carbons (Fsp3) is 0.389. The second-order valence-corrected chi connectivity index (χ2v) is 9.27. The summed E-state index contributed by atoms with van der Waals surface area (Å²) in [7, 11) is -3.96. The van der Waals surface area contributed by atoms with Crippen LogP contribution in [0.2, 0.25) is 0 Å². The summed E-state index contributed by atoms with van der Waals surface area (Å²) < 4.78 is 34.1. The molecule has 162 valence electrons. The van der Waals surface area contributed by atoms with Crippen LogP contribution in [0.3, 0.4) is 0 Å². The first-order chi connectivity index (χ1) is 14.2. The molecule has 2 amide bonds. The van der Waals surface area contributed by atoms with E-state index in [-0.39, 0.29) is 23.9 Å². The standard InChI is InChI=1S/C18H20N2O8S2/c1-2-8-30(25,26)28-12-10-29-17-14(16(22)20(17)15(12)18(23)24)19-13(21)9-27-11-6-4-3-5-7-11/h3-7,14,17H,2,8-10H2,1H3,(H,19,21)(H,23,24)/t14?,17-/m0/s1. The van der Waals surface area contributed by atoms with Crippen LogP contribution in [0.4, 0.5) is 0 Å². The number of thioether (sulfide) groups is 1. The van der Waals surface area contributed by atoms with Crippen molar-refractivity contribution in [2.45, 2.75) is 24.8 Å². The second kappa shape index (κ2) is 8.96. The predicted octanol–water partition coefficient (Wildman–Crippen LogP) is 0.518. The maximum atomic E-state index is 12.5. The monoisotopic (exact) mass is 456 g/mol. The number of ether oxygens (including phenoxy) is 1. The average Bonchev–Trinajstić information content (AvgIpc) is 2.70. The summed E-state index contributed by atoms with van der Waals surface area (Å²) in [6.07, 6.45) is 0.301. The van der Waals surface area contributed by atoms with Gasteiger partial charge in [0.05, 0.1) is 11.5 Å². The Bertz CT molecular complexity index is 977. The van der Waals surface area contributed by atoms with Gasteiger partial charge in [-0.3, -0.25) is 14.5 Å². The minimum absolute atomic E-state index is 0.0636. The van der Waals surface area contributed by atoms with Crippen molar-refractivity contribution in [3.8, 4) is 5.75 Å². The number of fused-ring (bicyclic) bond motifs is 1. The number of aliphatic carboxylic acids is 1. The Morgan fingerprint density at radius 2 is 2.00 bits per heavy atom. The van der Waals surface area contributed by atoms with E-state index in [0.717, 1.165) is 16.7 Å². The van der Waals surface area contributed by atoms with Gasteiger partial charge in [-0.1, -0.05) is 25.1 Å². The Morgan fingerprint density at radius 1 is 1.30 bits per heavy atom. The molecule has 0 saturated carbocycles. The van der Waals surface area contributed by atoms with Gasteiger partial charge in [-0.25, -0.2) is 4.79 Å². The number of benzene rings is 1. The number of β-lactam (4-membered cyclic amide) rings is 1. The van der Waals surface area contributed by atoms with E-state index in [2.05, 4.69) is 5.32 Å². The highest BCUT2D eigenvalue weighted by Crippen LogP contribution is 2.41. The van der Waals surface area contributed by atoms with Crippen molar-refractivity contribution in [3.05, 3.63) is 41.8 Å². The molecule has 0 bridgehead atoms. The van der Waals surface area contributed by atoms with Gasteiger partial charge in [0.1, 0.15) is 17.2 Å². The number of rotatable bonds is 9. The number of carbonyl (C=O) groups is 3. The Kier molecular flexibility index (Phi) is 6.56. The first-order valence-corrected chi connectivity index (χ1v) is 11.7. The first-order valence-electron chi connectivity index (χ1n) is 9.04. The molecule has 1 fully saturated rings. The number of nitrogens with one attached hydrogen (secondary N) is 1. The largest absolute Gasteiger partial charge is 0.484 e. The van der Waals surface area contributed by atoms with Crippen molar-refractivity contribution < 1.29 is 36.8 Å². The molecule has 2 aliphatic heterocycles. The third-order valence-corrected chi connectivity index (χ3v) is 6.86. The van der Waals surface area contributed by atoms with Gasteiger partial charge in [-0.15, -0.1) is 11.8 Å². The molecule has 1 saturated heterocycles. The Morgan fingerprint density at radius 3 is 2.63 bits per heavy atom. The zero-order chi connectivity index (χ0) is 21.9. The number of nitrogens with zero attached hydrogens (tertiary/aromatic N) is 1. The molecular weight excluding hydrogens is 436 g/mol. The number of carbonyl (C=O) groups excluding carboxylic acids is 2. The van der Waals surface area contributed by atoms with Gasteiger partial charge >= 0.3 is 16.1 Å². The number of carboxylic acid groups (broad SMARTS) is 1. The van der Waals surface area contributed by atoms with Crippen molar-refractivity contribution in [2.24, 2.45) is 0 Å². The summed E-state index contributed by atoms with van der Waals surface area (Å²) in [4.78, 5) is 37.3. The van der Waals surface area contributed by atoms with E-state index in [4.69, 9.17) is 8.92 Å². The molecule has 0 aromatic heterocycles. The minimum Gasteiger partial charge on any atom is -0.484 e. The van der Waals surface area contributed by atoms with Crippen LogP contribution in [-0.4, -0.2) is 65.7 Å². The predicted molar refractivity (Wildman–Crippen MR) is 107 cm³/mol. The lowest BCUT2D eigenvalue weighted by atomic mass is 10.0. The smallest absolute Gasteiger partial charge is 0.356 e. The summed E-state index contributed by atoms with van der Waals surface area (Å²) in [5.74, 6) is -2.82. The molecule has 1 aromatic carbocycles. The highest BCUT2D eigenvalue weighted by atomic mass is 32.2. The molecule has 10 nitrogen and oxygen atoms in total. The van der Waals surface area contributed by atoms with Gasteiger partial charge in [0.2, 0.25) is 0 Å². The van der Waals surface area contributed by atoms with Crippen molar-refractivity contribution in [1.29, 1.82) is 0 Å². The molecule has 3 rings (SSSR count). The van der Waals surface area contributed by atoms with Gasteiger partial charge < -0.3 is 19.3 Å². The molecule has 0 radical (unpaired) electrons. The first kappa shape index (κ1) is 22.0. The molecule has 1 unspecified atom stereocenters. The lowest BCUT2D eigenvalue weighted by molar-refractivity contribution is -0.151. The molecule has 1 aromatic rings. The van der Waals surface area contributed by atoms with Gasteiger partial charge in [0.25, 0.3) is 11.8 Å². The molecule has 2 aliphatic rings. The third kappa shape index (κ3) is 4.70. The van der Waals surface area contributed by atoms with Crippen LogP contribution in [0.5, 0.6) is 5.75 Å².